The second kappa shape index (κ2) is 6.18. The molecule has 0 bridgehead atoms. The van der Waals surface area contributed by atoms with Crippen LogP contribution < -0.4 is 0 Å². The Morgan fingerprint density at radius 2 is 2.09 bits per heavy atom. The van der Waals surface area contributed by atoms with Crippen LogP contribution in [0.1, 0.15) is 29.5 Å². The number of aromatic nitrogens is 2. The molecule has 0 radical (unpaired) electrons. The highest BCUT2D eigenvalue weighted by Gasteiger charge is 2.31. The minimum atomic E-state index is 0.0759. The number of nitrogens with zero attached hydrogens (tertiary/aromatic N) is 3. The number of aryl methyl sites for hydroxylation is 2. The lowest BCUT2D eigenvalue weighted by atomic mass is 10.1. The van der Waals surface area contributed by atoms with E-state index >= 15 is 0 Å². The van der Waals surface area contributed by atoms with Gasteiger partial charge in [0.25, 0.3) is 0 Å². The molecule has 0 unspecified atom stereocenters. The number of hydrogen-bond donors (Lipinski definition) is 0. The largest absolute Gasteiger partial charge is 0.332 e. The summed E-state index contributed by atoms with van der Waals surface area (Å²) < 4.78 is 1.73. The van der Waals surface area contributed by atoms with E-state index in [0.717, 1.165) is 18.4 Å². The first-order chi connectivity index (χ1) is 10.6. The molecule has 0 aliphatic heterocycles. The van der Waals surface area contributed by atoms with E-state index in [4.69, 9.17) is 0 Å². The molecule has 1 aromatic carbocycles. The molecule has 22 heavy (non-hydrogen) atoms. The Hall–Kier alpha value is -2.36. The fraction of sp³-hybridized carbons (Fsp3) is 0.333. The zero-order chi connectivity index (χ0) is 15.5. The van der Waals surface area contributed by atoms with Gasteiger partial charge < -0.3 is 4.90 Å². The van der Waals surface area contributed by atoms with E-state index in [1.165, 1.54) is 11.1 Å². The van der Waals surface area contributed by atoms with Crippen LogP contribution in [0.25, 0.3) is 6.08 Å². The highest BCUT2D eigenvalue weighted by atomic mass is 16.2. The van der Waals surface area contributed by atoms with Crippen molar-refractivity contribution in [1.29, 1.82) is 0 Å². The van der Waals surface area contributed by atoms with Crippen molar-refractivity contribution in [2.45, 2.75) is 32.4 Å². The smallest absolute Gasteiger partial charge is 0.247 e. The minimum absolute atomic E-state index is 0.0759. The molecule has 0 saturated heterocycles. The molecule has 4 nitrogen and oxygen atoms in total. The summed E-state index contributed by atoms with van der Waals surface area (Å²) in [5.74, 6) is 0.0759. The van der Waals surface area contributed by atoms with Crippen LogP contribution in [0, 0.1) is 6.92 Å². The van der Waals surface area contributed by atoms with Crippen molar-refractivity contribution in [3.05, 3.63) is 59.4 Å². The molecule has 3 rings (SSSR count). The van der Waals surface area contributed by atoms with Crippen molar-refractivity contribution in [3.8, 4) is 0 Å². The summed E-state index contributed by atoms with van der Waals surface area (Å²) in [4.78, 5) is 14.5. The van der Waals surface area contributed by atoms with Crippen molar-refractivity contribution in [3.63, 3.8) is 0 Å². The molecule has 1 aliphatic rings. The third-order valence-corrected chi connectivity index (χ3v) is 3.89. The van der Waals surface area contributed by atoms with E-state index in [2.05, 4.69) is 36.3 Å². The van der Waals surface area contributed by atoms with Gasteiger partial charge in [0.1, 0.15) is 0 Å². The van der Waals surface area contributed by atoms with Crippen LogP contribution in [-0.2, 0) is 18.4 Å². The Kier molecular flexibility index (Phi) is 4.09. The van der Waals surface area contributed by atoms with Gasteiger partial charge in [0.2, 0.25) is 5.91 Å². The molecule has 1 aliphatic carbocycles. The van der Waals surface area contributed by atoms with Crippen LogP contribution in [-0.4, -0.2) is 26.6 Å². The normalized spacial score (nSPS) is 14.5. The third-order valence-electron chi connectivity index (χ3n) is 3.89. The lowest BCUT2D eigenvalue weighted by Gasteiger charge is -2.21. The van der Waals surface area contributed by atoms with Gasteiger partial charge in [-0.15, -0.1) is 0 Å². The second-order valence-corrected chi connectivity index (χ2v) is 5.96. The number of rotatable bonds is 5. The van der Waals surface area contributed by atoms with Crippen LogP contribution in [0.5, 0.6) is 0 Å². The first-order valence-corrected chi connectivity index (χ1v) is 7.65. The third kappa shape index (κ3) is 3.64. The quantitative estimate of drug-likeness (QED) is 0.795. The molecule has 1 heterocycles. The predicted octanol–water partition coefficient (Wildman–Crippen LogP) is 2.93. The maximum absolute atomic E-state index is 12.5. The van der Waals surface area contributed by atoms with Gasteiger partial charge in [0.05, 0.1) is 6.20 Å². The zero-order valence-electron chi connectivity index (χ0n) is 13.1. The first kappa shape index (κ1) is 14.6. The fourth-order valence-corrected chi connectivity index (χ4v) is 2.45. The van der Waals surface area contributed by atoms with Gasteiger partial charge >= 0.3 is 0 Å². The van der Waals surface area contributed by atoms with Crippen LogP contribution in [0.15, 0.2) is 42.7 Å². The summed E-state index contributed by atoms with van der Waals surface area (Å²) in [7, 11) is 1.87. The van der Waals surface area contributed by atoms with Crippen molar-refractivity contribution >= 4 is 12.0 Å². The molecule has 0 spiro atoms. The molecule has 1 aromatic heterocycles. The van der Waals surface area contributed by atoms with E-state index in [0.29, 0.717) is 12.6 Å². The lowest BCUT2D eigenvalue weighted by molar-refractivity contribution is -0.127. The number of amides is 1. The average molecular weight is 295 g/mol. The van der Waals surface area contributed by atoms with Gasteiger partial charge in [-0.1, -0.05) is 29.8 Å². The summed E-state index contributed by atoms with van der Waals surface area (Å²) >= 11 is 0. The summed E-state index contributed by atoms with van der Waals surface area (Å²) in [6.45, 7) is 2.76. The topological polar surface area (TPSA) is 38.1 Å². The van der Waals surface area contributed by atoms with E-state index < -0.39 is 0 Å². The van der Waals surface area contributed by atoms with Gasteiger partial charge in [-0.2, -0.15) is 5.10 Å². The van der Waals surface area contributed by atoms with Crippen LogP contribution in [0.4, 0.5) is 0 Å². The van der Waals surface area contributed by atoms with Gasteiger partial charge in [-0.05, 0) is 31.4 Å². The highest BCUT2D eigenvalue weighted by Crippen LogP contribution is 2.28. The second-order valence-electron chi connectivity index (χ2n) is 5.96. The van der Waals surface area contributed by atoms with Crippen LogP contribution in [0.3, 0.4) is 0 Å². The monoisotopic (exact) mass is 295 g/mol. The van der Waals surface area contributed by atoms with E-state index in [1.54, 1.807) is 17.0 Å². The van der Waals surface area contributed by atoms with Gasteiger partial charge in [-0.25, -0.2) is 0 Å². The number of carbonyl (C=O) groups is 1. The Balaban J connectivity index is 1.69. The molecule has 0 N–H and O–H groups in total. The molecular formula is C18H21N3O. The molecule has 114 valence electrons. The summed E-state index contributed by atoms with van der Waals surface area (Å²) in [6, 6.07) is 8.78. The molecule has 4 heteroatoms. The Bertz CT molecular complexity index is 681. The summed E-state index contributed by atoms with van der Waals surface area (Å²) in [5, 5.41) is 4.10. The standard InChI is InChI=1S/C18H21N3O/c1-14-3-5-15(6-4-14)13-21(17-8-9-17)18(22)10-7-16-11-19-20(2)12-16/h3-7,10-12,17H,8-9,13H2,1-2H3. The highest BCUT2D eigenvalue weighted by molar-refractivity contribution is 5.92. The van der Waals surface area contributed by atoms with E-state index in [-0.39, 0.29) is 5.91 Å². The molecule has 1 fully saturated rings. The Morgan fingerprint density at radius 3 is 2.68 bits per heavy atom. The predicted molar refractivity (Wildman–Crippen MR) is 87.0 cm³/mol. The van der Waals surface area contributed by atoms with Crippen LogP contribution in [0.2, 0.25) is 0 Å². The Labute approximate surface area is 131 Å². The van der Waals surface area contributed by atoms with E-state index in [9.17, 15) is 4.79 Å². The van der Waals surface area contributed by atoms with E-state index in [1.807, 2.05) is 24.2 Å². The van der Waals surface area contributed by atoms with Crippen molar-refractivity contribution in [2.24, 2.45) is 7.05 Å². The molecule has 1 amide bonds. The lowest BCUT2D eigenvalue weighted by Crippen LogP contribution is -2.31. The Morgan fingerprint density at radius 1 is 1.36 bits per heavy atom. The van der Waals surface area contributed by atoms with Crippen molar-refractivity contribution in [1.82, 2.24) is 14.7 Å². The van der Waals surface area contributed by atoms with Crippen LogP contribution >= 0.6 is 0 Å². The van der Waals surface area contributed by atoms with Gasteiger partial charge in [-0.3, -0.25) is 9.48 Å². The van der Waals surface area contributed by atoms with Gasteiger partial charge in [0.15, 0.2) is 0 Å². The summed E-state index contributed by atoms with van der Waals surface area (Å²) in [5.41, 5.74) is 3.37. The molecule has 1 saturated carbocycles. The SMILES string of the molecule is Cc1ccc(CN(C(=O)C=Cc2cnn(C)c2)C2CC2)cc1. The number of benzene rings is 1. The minimum Gasteiger partial charge on any atom is -0.332 e. The number of hydrogen-bond acceptors (Lipinski definition) is 2. The molecule has 2 aromatic rings. The zero-order valence-corrected chi connectivity index (χ0v) is 13.1. The van der Waals surface area contributed by atoms with Gasteiger partial charge in [0, 0.05) is 37.5 Å². The summed E-state index contributed by atoms with van der Waals surface area (Å²) in [6.07, 6.45) is 9.36. The molecule has 0 atom stereocenters. The maximum Gasteiger partial charge on any atom is 0.247 e. The van der Waals surface area contributed by atoms with Crippen molar-refractivity contribution < 1.29 is 4.79 Å². The maximum atomic E-state index is 12.5. The number of carbonyl (C=O) groups excluding carboxylic acids is 1. The molecular weight excluding hydrogens is 274 g/mol. The van der Waals surface area contributed by atoms with Crippen molar-refractivity contribution in [2.75, 3.05) is 0 Å². The first-order valence-electron chi connectivity index (χ1n) is 7.65. The average Bonchev–Trinajstić information content (AvgIpc) is 3.26. The fourth-order valence-electron chi connectivity index (χ4n) is 2.45.